The van der Waals surface area contributed by atoms with Gasteiger partial charge in [0.25, 0.3) is 0 Å². The van der Waals surface area contributed by atoms with E-state index in [2.05, 4.69) is 15.5 Å². The van der Waals surface area contributed by atoms with E-state index in [-0.39, 0.29) is 11.4 Å². The first kappa shape index (κ1) is 16.3. The fourth-order valence-corrected chi connectivity index (χ4v) is 2.80. The summed E-state index contributed by atoms with van der Waals surface area (Å²) in [6, 6.07) is 10.2. The number of nitrogens with one attached hydrogen (secondary N) is 1. The maximum Gasteiger partial charge on any atom is 0.418 e. The Morgan fingerprint density at radius 1 is 1.12 bits per heavy atom. The third-order valence-corrected chi connectivity index (χ3v) is 4.06. The number of rotatable bonds is 4. The van der Waals surface area contributed by atoms with Gasteiger partial charge in [-0.15, -0.1) is 10.2 Å². The lowest BCUT2D eigenvalue weighted by atomic mass is 10.1. The monoisotopic (exact) mass is 352 g/mol. The summed E-state index contributed by atoms with van der Waals surface area (Å²) >= 11 is 1.09. The molecule has 2 aromatic heterocycles. The first-order chi connectivity index (χ1) is 11.4. The van der Waals surface area contributed by atoms with Crippen LogP contribution in [0, 0.1) is 0 Å². The summed E-state index contributed by atoms with van der Waals surface area (Å²) in [7, 11) is 0. The number of alkyl halides is 3. The Labute approximate surface area is 138 Å². The van der Waals surface area contributed by atoms with Crippen LogP contribution in [-0.2, 0) is 11.0 Å². The molecule has 9 heteroatoms. The lowest BCUT2D eigenvalue weighted by Gasteiger charge is -2.13. The zero-order valence-electron chi connectivity index (χ0n) is 12.1. The molecule has 24 heavy (non-hydrogen) atoms. The van der Waals surface area contributed by atoms with Gasteiger partial charge in [0, 0.05) is 6.20 Å². The van der Waals surface area contributed by atoms with E-state index in [4.69, 9.17) is 0 Å². The Hall–Kier alpha value is -2.55. The molecule has 0 aliphatic heterocycles. The van der Waals surface area contributed by atoms with Crippen molar-refractivity contribution >= 4 is 29.0 Å². The van der Waals surface area contributed by atoms with Crippen molar-refractivity contribution in [2.24, 2.45) is 0 Å². The number of amides is 1. The average molecular weight is 352 g/mol. The molecule has 0 saturated heterocycles. The van der Waals surface area contributed by atoms with Crippen molar-refractivity contribution < 1.29 is 18.0 Å². The van der Waals surface area contributed by atoms with Crippen LogP contribution in [-0.4, -0.2) is 26.3 Å². The zero-order chi connectivity index (χ0) is 17.2. The minimum Gasteiger partial charge on any atom is -0.325 e. The first-order valence-corrected chi connectivity index (χ1v) is 7.82. The van der Waals surface area contributed by atoms with Crippen molar-refractivity contribution in [3.8, 4) is 0 Å². The van der Waals surface area contributed by atoms with Gasteiger partial charge in [0.2, 0.25) is 5.91 Å². The molecule has 0 radical (unpaired) electrons. The van der Waals surface area contributed by atoms with Crippen molar-refractivity contribution in [1.29, 1.82) is 0 Å². The van der Waals surface area contributed by atoms with Gasteiger partial charge >= 0.3 is 6.18 Å². The molecule has 2 heterocycles. The Bertz CT molecular complexity index is 878. The molecule has 0 aliphatic rings. The highest BCUT2D eigenvalue weighted by Crippen LogP contribution is 2.34. The Morgan fingerprint density at radius 2 is 1.88 bits per heavy atom. The number of halogens is 3. The highest BCUT2D eigenvalue weighted by Gasteiger charge is 2.33. The third-order valence-electron chi connectivity index (χ3n) is 3.12. The molecular formula is C15H11F3N4OS. The molecule has 0 atom stereocenters. The summed E-state index contributed by atoms with van der Waals surface area (Å²) in [6.45, 7) is 0. The van der Waals surface area contributed by atoms with Crippen LogP contribution >= 0.6 is 11.8 Å². The number of pyridine rings is 1. The van der Waals surface area contributed by atoms with Crippen LogP contribution < -0.4 is 5.32 Å². The molecule has 0 fully saturated rings. The SMILES string of the molecule is O=C(CSc1nnc2ccccn12)Nc1ccccc1C(F)(F)F. The predicted octanol–water partition coefficient (Wildman–Crippen LogP) is 3.48. The van der Waals surface area contributed by atoms with E-state index in [0.29, 0.717) is 10.8 Å². The quantitative estimate of drug-likeness (QED) is 0.731. The zero-order valence-corrected chi connectivity index (χ0v) is 12.9. The Balaban J connectivity index is 1.69. The fourth-order valence-electron chi connectivity index (χ4n) is 2.07. The minimum absolute atomic E-state index is 0.0815. The maximum absolute atomic E-state index is 12.9. The molecular weight excluding hydrogens is 341 g/mol. The number of nitrogens with zero attached hydrogens (tertiary/aromatic N) is 3. The van der Waals surface area contributed by atoms with Crippen molar-refractivity contribution in [1.82, 2.24) is 14.6 Å². The second kappa shape index (κ2) is 6.52. The third kappa shape index (κ3) is 3.51. The van der Waals surface area contributed by atoms with E-state index in [0.717, 1.165) is 17.8 Å². The number of anilines is 1. The normalized spacial score (nSPS) is 11.6. The van der Waals surface area contributed by atoms with Gasteiger partial charge in [0.05, 0.1) is 17.0 Å². The summed E-state index contributed by atoms with van der Waals surface area (Å²) < 4.78 is 40.4. The highest BCUT2D eigenvalue weighted by molar-refractivity contribution is 7.99. The van der Waals surface area contributed by atoms with E-state index >= 15 is 0 Å². The van der Waals surface area contributed by atoms with Gasteiger partial charge in [0.1, 0.15) is 0 Å². The Morgan fingerprint density at radius 3 is 2.67 bits per heavy atom. The van der Waals surface area contributed by atoms with Crippen molar-refractivity contribution in [2.45, 2.75) is 11.3 Å². The number of aromatic nitrogens is 3. The molecule has 3 aromatic rings. The van der Waals surface area contributed by atoms with Gasteiger partial charge < -0.3 is 5.32 Å². The molecule has 1 aromatic carbocycles. The Kier molecular flexibility index (Phi) is 4.43. The molecule has 5 nitrogen and oxygen atoms in total. The summed E-state index contributed by atoms with van der Waals surface area (Å²) in [5.74, 6) is -0.633. The lowest BCUT2D eigenvalue weighted by Crippen LogP contribution is -2.18. The molecule has 0 unspecified atom stereocenters. The van der Waals surface area contributed by atoms with E-state index in [1.807, 2.05) is 0 Å². The second-order valence-electron chi connectivity index (χ2n) is 4.79. The highest BCUT2D eigenvalue weighted by atomic mass is 32.2. The van der Waals surface area contributed by atoms with Crippen LogP contribution in [0.3, 0.4) is 0 Å². The van der Waals surface area contributed by atoms with Crippen LogP contribution in [0.25, 0.3) is 5.65 Å². The number of hydrogen-bond donors (Lipinski definition) is 1. The van der Waals surface area contributed by atoms with Gasteiger partial charge in [-0.05, 0) is 24.3 Å². The van der Waals surface area contributed by atoms with Crippen LogP contribution in [0.2, 0.25) is 0 Å². The molecule has 1 N–H and O–H groups in total. The maximum atomic E-state index is 12.9. The van der Waals surface area contributed by atoms with Gasteiger partial charge in [-0.3, -0.25) is 9.20 Å². The molecule has 3 rings (SSSR count). The van der Waals surface area contributed by atoms with Gasteiger partial charge in [0.15, 0.2) is 10.8 Å². The second-order valence-corrected chi connectivity index (χ2v) is 5.73. The van der Waals surface area contributed by atoms with Crippen LogP contribution in [0.5, 0.6) is 0 Å². The molecule has 0 aliphatic carbocycles. The number of fused-ring (bicyclic) bond motifs is 1. The summed E-state index contributed by atoms with van der Waals surface area (Å²) in [6.07, 6.45) is -2.78. The lowest BCUT2D eigenvalue weighted by molar-refractivity contribution is -0.137. The van der Waals surface area contributed by atoms with Crippen LogP contribution in [0.1, 0.15) is 5.56 Å². The first-order valence-electron chi connectivity index (χ1n) is 6.84. The molecule has 0 saturated carbocycles. The molecule has 0 bridgehead atoms. The van der Waals surface area contributed by atoms with Crippen molar-refractivity contribution in [3.05, 3.63) is 54.2 Å². The minimum atomic E-state index is -4.53. The van der Waals surface area contributed by atoms with E-state index in [1.165, 1.54) is 18.2 Å². The standard InChI is InChI=1S/C15H11F3N4OS/c16-15(17,18)10-5-1-2-6-11(10)19-13(23)9-24-14-21-20-12-7-3-4-8-22(12)14/h1-8H,9H2,(H,19,23). The van der Waals surface area contributed by atoms with Crippen LogP contribution in [0.15, 0.2) is 53.8 Å². The number of thioether (sulfide) groups is 1. The largest absolute Gasteiger partial charge is 0.418 e. The van der Waals surface area contributed by atoms with E-state index < -0.39 is 17.6 Å². The van der Waals surface area contributed by atoms with Crippen molar-refractivity contribution in [2.75, 3.05) is 11.1 Å². The topological polar surface area (TPSA) is 59.3 Å². The predicted molar refractivity (Wildman–Crippen MR) is 83.8 cm³/mol. The van der Waals surface area contributed by atoms with Crippen LogP contribution in [0.4, 0.5) is 18.9 Å². The fraction of sp³-hybridized carbons (Fsp3) is 0.133. The molecule has 0 spiro atoms. The van der Waals surface area contributed by atoms with Gasteiger partial charge in [-0.1, -0.05) is 30.0 Å². The number of benzene rings is 1. The van der Waals surface area contributed by atoms with Crippen molar-refractivity contribution in [3.63, 3.8) is 0 Å². The summed E-state index contributed by atoms with van der Waals surface area (Å²) in [5.41, 5.74) is -0.513. The number of para-hydroxylation sites is 1. The molecule has 1 amide bonds. The summed E-state index contributed by atoms with van der Waals surface area (Å²) in [5, 5.41) is 10.7. The van der Waals surface area contributed by atoms with E-state index in [9.17, 15) is 18.0 Å². The summed E-state index contributed by atoms with van der Waals surface area (Å²) in [4.78, 5) is 12.0. The number of hydrogen-bond acceptors (Lipinski definition) is 4. The smallest absolute Gasteiger partial charge is 0.325 e. The van der Waals surface area contributed by atoms with Gasteiger partial charge in [-0.25, -0.2) is 0 Å². The number of carbonyl (C=O) groups excluding carboxylic acids is 1. The molecule has 124 valence electrons. The average Bonchev–Trinajstić information content (AvgIpc) is 2.96. The van der Waals surface area contributed by atoms with E-state index in [1.54, 1.807) is 28.8 Å². The number of carbonyl (C=O) groups is 1. The van der Waals surface area contributed by atoms with Gasteiger partial charge in [-0.2, -0.15) is 13.2 Å².